The van der Waals surface area contributed by atoms with Crippen molar-refractivity contribution in [3.8, 4) is 0 Å². The molecule has 1 heterocycles. The van der Waals surface area contributed by atoms with Gasteiger partial charge in [0.15, 0.2) is 0 Å². The lowest BCUT2D eigenvalue weighted by molar-refractivity contribution is -0.149. The van der Waals surface area contributed by atoms with Gasteiger partial charge in [-0.2, -0.15) is 0 Å². The van der Waals surface area contributed by atoms with Crippen LogP contribution >= 0.6 is 0 Å². The van der Waals surface area contributed by atoms with Crippen molar-refractivity contribution in [3.63, 3.8) is 0 Å². The highest BCUT2D eigenvalue weighted by Gasteiger charge is 2.32. The third-order valence-electron chi connectivity index (χ3n) is 3.53. The highest BCUT2D eigenvalue weighted by atomic mass is 16.5. The standard InChI is InChI=1S/C13H27N3O2/c1-5-18-12(17)13(2,14)10-15(3)9-11-7-6-8-16(11)4/h11H,5-10,14H2,1-4H3. The predicted molar refractivity (Wildman–Crippen MR) is 72.4 cm³/mol. The Bertz CT molecular complexity index is 281. The number of nitrogens with zero attached hydrogens (tertiary/aromatic N) is 2. The van der Waals surface area contributed by atoms with Crippen LogP contribution in [0, 0.1) is 0 Å². The van der Waals surface area contributed by atoms with Crippen LogP contribution in [0.4, 0.5) is 0 Å². The lowest BCUT2D eigenvalue weighted by Gasteiger charge is -2.31. The zero-order chi connectivity index (χ0) is 13.8. The summed E-state index contributed by atoms with van der Waals surface area (Å²) in [5.74, 6) is -0.323. The van der Waals surface area contributed by atoms with Gasteiger partial charge in [-0.15, -0.1) is 0 Å². The quantitative estimate of drug-likeness (QED) is 0.693. The minimum atomic E-state index is -0.929. The molecule has 0 aromatic rings. The Balaban J connectivity index is 2.42. The van der Waals surface area contributed by atoms with Gasteiger partial charge in [-0.05, 0) is 47.3 Å². The van der Waals surface area contributed by atoms with Crippen LogP contribution in [-0.2, 0) is 9.53 Å². The summed E-state index contributed by atoms with van der Waals surface area (Å²) in [5.41, 5.74) is 5.10. The van der Waals surface area contributed by atoms with Crippen LogP contribution < -0.4 is 5.73 Å². The average molecular weight is 257 g/mol. The molecule has 1 fully saturated rings. The number of hydrogen-bond acceptors (Lipinski definition) is 5. The zero-order valence-corrected chi connectivity index (χ0v) is 12.1. The molecule has 0 saturated carbocycles. The highest BCUT2D eigenvalue weighted by Crippen LogP contribution is 2.16. The van der Waals surface area contributed by atoms with Crippen molar-refractivity contribution < 1.29 is 9.53 Å². The van der Waals surface area contributed by atoms with Gasteiger partial charge >= 0.3 is 5.97 Å². The van der Waals surface area contributed by atoms with Crippen LogP contribution in [0.2, 0.25) is 0 Å². The summed E-state index contributed by atoms with van der Waals surface area (Å²) in [5, 5.41) is 0. The molecule has 106 valence electrons. The molecular formula is C13H27N3O2. The van der Waals surface area contributed by atoms with Crippen LogP contribution in [0.3, 0.4) is 0 Å². The summed E-state index contributed by atoms with van der Waals surface area (Å²) in [4.78, 5) is 16.2. The van der Waals surface area contributed by atoms with Crippen LogP contribution in [0.15, 0.2) is 0 Å². The van der Waals surface area contributed by atoms with Gasteiger partial charge in [0, 0.05) is 19.1 Å². The molecule has 0 aromatic heterocycles. The van der Waals surface area contributed by atoms with Crippen molar-refractivity contribution in [1.82, 2.24) is 9.80 Å². The maximum atomic E-state index is 11.7. The molecule has 2 atom stereocenters. The molecule has 1 aliphatic heterocycles. The van der Waals surface area contributed by atoms with Gasteiger partial charge in [0.25, 0.3) is 0 Å². The smallest absolute Gasteiger partial charge is 0.327 e. The van der Waals surface area contributed by atoms with E-state index in [1.807, 2.05) is 7.05 Å². The Morgan fingerprint density at radius 1 is 1.61 bits per heavy atom. The van der Waals surface area contributed by atoms with Gasteiger partial charge < -0.3 is 20.3 Å². The van der Waals surface area contributed by atoms with Gasteiger partial charge in [-0.25, -0.2) is 0 Å². The Hall–Kier alpha value is -0.650. The van der Waals surface area contributed by atoms with Gasteiger partial charge in [-0.1, -0.05) is 0 Å². The van der Waals surface area contributed by atoms with Gasteiger partial charge in [0.05, 0.1) is 6.61 Å². The molecule has 0 radical (unpaired) electrons. The molecule has 18 heavy (non-hydrogen) atoms. The number of nitrogens with two attached hydrogens (primary N) is 1. The van der Waals surface area contributed by atoms with Crippen molar-refractivity contribution in [2.24, 2.45) is 5.73 Å². The number of carbonyl (C=O) groups excluding carboxylic acids is 1. The third kappa shape index (κ3) is 4.23. The van der Waals surface area contributed by atoms with E-state index in [9.17, 15) is 4.79 Å². The van der Waals surface area contributed by atoms with Crippen molar-refractivity contribution in [2.45, 2.75) is 38.3 Å². The summed E-state index contributed by atoms with van der Waals surface area (Å²) >= 11 is 0. The molecule has 1 rings (SSSR count). The van der Waals surface area contributed by atoms with Crippen molar-refractivity contribution in [3.05, 3.63) is 0 Å². The Morgan fingerprint density at radius 2 is 2.28 bits per heavy atom. The van der Waals surface area contributed by atoms with E-state index in [1.54, 1.807) is 13.8 Å². The van der Waals surface area contributed by atoms with E-state index < -0.39 is 5.54 Å². The first-order valence-corrected chi connectivity index (χ1v) is 6.71. The first kappa shape index (κ1) is 15.4. The second-order valence-corrected chi connectivity index (χ2v) is 5.61. The molecule has 5 nitrogen and oxygen atoms in total. The van der Waals surface area contributed by atoms with E-state index in [-0.39, 0.29) is 5.97 Å². The fourth-order valence-corrected chi connectivity index (χ4v) is 2.56. The van der Waals surface area contributed by atoms with E-state index in [4.69, 9.17) is 10.5 Å². The van der Waals surface area contributed by atoms with Crippen LogP contribution in [0.1, 0.15) is 26.7 Å². The number of carbonyl (C=O) groups is 1. The summed E-state index contributed by atoms with van der Waals surface area (Å²) in [6, 6.07) is 0.577. The zero-order valence-electron chi connectivity index (χ0n) is 12.1. The summed E-state index contributed by atoms with van der Waals surface area (Å²) in [6.07, 6.45) is 2.48. The average Bonchev–Trinajstić information content (AvgIpc) is 2.63. The lowest BCUT2D eigenvalue weighted by Crippen LogP contribution is -2.55. The maximum Gasteiger partial charge on any atom is 0.327 e. The second-order valence-electron chi connectivity index (χ2n) is 5.61. The first-order chi connectivity index (χ1) is 8.36. The molecule has 0 aliphatic carbocycles. The van der Waals surface area contributed by atoms with Crippen molar-refractivity contribution in [2.75, 3.05) is 40.3 Å². The van der Waals surface area contributed by atoms with Crippen LogP contribution in [0.25, 0.3) is 0 Å². The van der Waals surface area contributed by atoms with E-state index in [1.165, 1.54) is 12.8 Å². The van der Waals surface area contributed by atoms with Crippen molar-refractivity contribution in [1.29, 1.82) is 0 Å². The normalized spacial score (nSPS) is 24.2. The van der Waals surface area contributed by atoms with E-state index in [0.29, 0.717) is 19.2 Å². The number of likely N-dealkylation sites (tertiary alicyclic amines) is 1. The molecule has 2 unspecified atom stereocenters. The van der Waals surface area contributed by atoms with Crippen molar-refractivity contribution >= 4 is 5.97 Å². The van der Waals surface area contributed by atoms with E-state index >= 15 is 0 Å². The van der Waals surface area contributed by atoms with Gasteiger partial charge in [0.2, 0.25) is 0 Å². The van der Waals surface area contributed by atoms with Gasteiger partial charge in [-0.3, -0.25) is 4.79 Å². The molecule has 2 N–H and O–H groups in total. The Kier molecular flexibility index (Phi) is 5.56. The minimum Gasteiger partial charge on any atom is -0.465 e. The number of likely N-dealkylation sites (N-methyl/N-ethyl adjacent to an activating group) is 2. The topological polar surface area (TPSA) is 58.8 Å². The molecule has 1 aliphatic rings. The molecule has 1 saturated heterocycles. The third-order valence-corrected chi connectivity index (χ3v) is 3.53. The van der Waals surface area contributed by atoms with Crippen LogP contribution in [0.5, 0.6) is 0 Å². The van der Waals surface area contributed by atoms with Gasteiger partial charge in [0.1, 0.15) is 5.54 Å². The fourth-order valence-electron chi connectivity index (χ4n) is 2.56. The van der Waals surface area contributed by atoms with Crippen LogP contribution in [-0.4, -0.2) is 67.7 Å². The predicted octanol–water partition coefficient (Wildman–Crippen LogP) is 0.293. The Labute approximate surface area is 110 Å². The number of ether oxygens (including phenoxy) is 1. The molecule has 0 bridgehead atoms. The summed E-state index contributed by atoms with van der Waals surface area (Å²) in [7, 11) is 4.16. The molecule has 0 amide bonds. The lowest BCUT2D eigenvalue weighted by atomic mass is 10.0. The SMILES string of the molecule is CCOC(=O)C(C)(N)CN(C)CC1CCCN1C. The number of hydrogen-bond donors (Lipinski definition) is 1. The number of esters is 1. The minimum absolute atomic E-state index is 0.323. The molecular weight excluding hydrogens is 230 g/mol. The van der Waals surface area contributed by atoms with E-state index in [0.717, 1.165) is 13.1 Å². The Morgan fingerprint density at radius 3 is 2.78 bits per heavy atom. The summed E-state index contributed by atoms with van der Waals surface area (Å²) in [6.45, 7) is 6.54. The maximum absolute atomic E-state index is 11.7. The molecule has 5 heteroatoms. The fraction of sp³-hybridized carbons (Fsp3) is 0.923. The monoisotopic (exact) mass is 257 g/mol. The largest absolute Gasteiger partial charge is 0.465 e. The first-order valence-electron chi connectivity index (χ1n) is 6.71. The highest BCUT2D eigenvalue weighted by molar-refractivity contribution is 5.80. The second kappa shape index (κ2) is 6.50. The molecule has 0 aromatic carbocycles. The van der Waals surface area contributed by atoms with E-state index in [2.05, 4.69) is 16.8 Å². The summed E-state index contributed by atoms with van der Waals surface area (Å²) < 4.78 is 5.00. The molecule has 0 spiro atoms. The number of rotatable bonds is 6.